The molecule has 0 heterocycles. The Bertz CT molecular complexity index is 316. The van der Waals surface area contributed by atoms with Crippen LogP contribution in [0.1, 0.15) is 45.4 Å². The fourth-order valence-corrected chi connectivity index (χ4v) is 4.06. The standard InChI is InChI=1S/C13H24N2O2S/c1-2-14-11-4-3-5-12(8-11)18(17)9-13(16)15-10-6-7-10/h10-12,14H,2-9H2,1H3,(H,15,16). The van der Waals surface area contributed by atoms with Gasteiger partial charge in [-0.05, 0) is 38.6 Å². The topological polar surface area (TPSA) is 58.2 Å². The molecule has 4 nitrogen and oxygen atoms in total. The predicted octanol–water partition coefficient (Wildman–Crippen LogP) is 0.934. The molecular formula is C13H24N2O2S. The van der Waals surface area contributed by atoms with E-state index in [1.165, 1.54) is 6.42 Å². The summed E-state index contributed by atoms with van der Waals surface area (Å²) in [4.78, 5) is 11.6. The zero-order chi connectivity index (χ0) is 13.0. The third-order valence-electron chi connectivity index (χ3n) is 3.71. The number of carbonyl (C=O) groups excluding carboxylic acids is 1. The Morgan fingerprint density at radius 2 is 2.00 bits per heavy atom. The van der Waals surface area contributed by atoms with E-state index in [-0.39, 0.29) is 16.9 Å². The molecule has 0 aromatic rings. The van der Waals surface area contributed by atoms with Crippen molar-refractivity contribution in [2.24, 2.45) is 0 Å². The average molecular weight is 272 g/mol. The lowest BCUT2D eigenvalue weighted by Crippen LogP contribution is -2.40. The van der Waals surface area contributed by atoms with Crippen LogP contribution in [0.4, 0.5) is 0 Å². The van der Waals surface area contributed by atoms with Crippen LogP contribution in [0.2, 0.25) is 0 Å². The summed E-state index contributed by atoms with van der Waals surface area (Å²) >= 11 is 0. The molecule has 2 aliphatic carbocycles. The van der Waals surface area contributed by atoms with Crippen LogP contribution < -0.4 is 10.6 Å². The SMILES string of the molecule is CCNC1CCCC(S(=O)CC(=O)NC2CC2)C1. The minimum Gasteiger partial charge on any atom is -0.353 e. The van der Waals surface area contributed by atoms with Gasteiger partial charge in [-0.2, -0.15) is 0 Å². The quantitative estimate of drug-likeness (QED) is 0.756. The second-order valence-electron chi connectivity index (χ2n) is 5.41. The van der Waals surface area contributed by atoms with Crippen molar-refractivity contribution in [1.82, 2.24) is 10.6 Å². The first kappa shape index (κ1) is 14.0. The van der Waals surface area contributed by atoms with E-state index >= 15 is 0 Å². The van der Waals surface area contributed by atoms with Crippen molar-refractivity contribution in [3.05, 3.63) is 0 Å². The van der Waals surface area contributed by atoms with Crippen LogP contribution in [0.5, 0.6) is 0 Å². The molecular weight excluding hydrogens is 248 g/mol. The van der Waals surface area contributed by atoms with Gasteiger partial charge in [0.2, 0.25) is 5.91 Å². The molecule has 0 spiro atoms. The van der Waals surface area contributed by atoms with Gasteiger partial charge < -0.3 is 10.6 Å². The molecule has 2 aliphatic rings. The predicted molar refractivity (Wildman–Crippen MR) is 73.9 cm³/mol. The van der Waals surface area contributed by atoms with Gasteiger partial charge in [-0.3, -0.25) is 9.00 Å². The van der Waals surface area contributed by atoms with Crippen molar-refractivity contribution < 1.29 is 9.00 Å². The van der Waals surface area contributed by atoms with Crippen LogP contribution >= 0.6 is 0 Å². The van der Waals surface area contributed by atoms with Gasteiger partial charge in [0.1, 0.15) is 5.75 Å². The molecule has 0 aliphatic heterocycles. The molecule has 5 heteroatoms. The van der Waals surface area contributed by atoms with E-state index in [1.54, 1.807) is 0 Å². The Labute approximate surface area is 112 Å². The summed E-state index contributed by atoms with van der Waals surface area (Å²) in [7, 11) is -1.00. The summed E-state index contributed by atoms with van der Waals surface area (Å²) in [5, 5.41) is 6.54. The van der Waals surface area contributed by atoms with Gasteiger partial charge in [0.15, 0.2) is 0 Å². The molecule has 104 valence electrons. The highest BCUT2D eigenvalue weighted by atomic mass is 32.2. The molecule has 0 radical (unpaired) electrons. The van der Waals surface area contributed by atoms with Gasteiger partial charge in [0.05, 0.1) is 0 Å². The van der Waals surface area contributed by atoms with E-state index in [2.05, 4.69) is 17.6 Å². The number of carbonyl (C=O) groups is 1. The Morgan fingerprint density at radius 3 is 2.67 bits per heavy atom. The summed E-state index contributed by atoms with van der Waals surface area (Å²) < 4.78 is 12.2. The molecule has 3 unspecified atom stereocenters. The lowest BCUT2D eigenvalue weighted by molar-refractivity contribution is -0.118. The molecule has 2 saturated carbocycles. The molecule has 0 aromatic carbocycles. The Kier molecular flexibility index (Phi) is 5.18. The number of hydrogen-bond acceptors (Lipinski definition) is 3. The van der Waals surface area contributed by atoms with Crippen LogP contribution in [0.25, 0.3) is 0 Å². The van der Waals surface area contributed by atoms with E-state index in [0.29, 0.717) is 12.1 Å². The lowest BCUT2D eigenvalue weighted by atomic mass is 9.95. The number of nitrogens with one attached hydrogen (secondary N) is 2. The smallest absolute Gasteiger partial charge is 0.232 e. The van der Waals surface area contributed by atoms with Crippen molar-refractivity contribution in [3.8, 4) is 0 Å². The summed E-state index contributed by atoms with van der Waals surface area (Å²) in [5.74, 6) is 0.168. The van der Waals surface area contributed by atoms with Gasteiger partial charge in [-0.25, -0.2) is 0 Å². The zero-order valence-electron chi connectivity index (χ0n) is 11.1. The van der Waals surface area contributed by atoms with Crippen LogP contribution in [-0.4, -0.2) is 39.7 Å². The maximum atomic E-state index is 12.2. The van der Waals surface area contributed by atoms with Gasteiger partial charge in [0, 0.05) is 28.1 Å². The Morgan fingerprint density at radius 1 is 1.22 bits per heavy atom. The van der Waals surface area contributed by atoms with Crippen molar-refractivity contribution in [2.45, 2.75) is 62.8 Å². The summed E-state index contributed by atoms with van der Waals surface area (Å²) in [6.07, 6.45) is 6.44. The highest BCUT2D eigenvalue weighted by molar-refractivity contribution is 7.86. The minimum atomic E-state index is -1.00. The second-order valence-corrected chi connectivity index (χ2v) is 7.13. The van der Waals surface area contributed by atoms with E-state index < -0.39 is 10.8 Å². The molecule has 18 heavy (non-hydrogen) atoms. The number of amides is 1. The molecule has 2 N–H and O–H groups in total. The van der Waals surface area contributed by atoms with E-state index in [4.69, 9.17) is 0 Å². The van der Waals surface area contributed by atoms with Gasteiger partial charge >= 0.3 is 0 Å². The van der Waals surface area contributed by atoms with Crippen LogP contribution in [0.15, 0.2) is 0 Å². The molecule has 0 saturated heterocycles. The third kappa shape index (κ3) is 4.35. The monoisotopic (exact) mass is 272 g/mol. The normalized spacial score (nSPS) is 29.8. The van der Waals surface area contributed by atoms with Gasteiger partial charge in [0.25, 0.3) is 0 Å². The highest BCUT2D eigenvalue weighted by Crippen LogP contribution is 2.23. The van der Waals surface area contributed by atoms with E-state index in [9.17, 15) is 9.00 Å². The maximum Gasteiger partial charge on any atom is 0.232 e. The molecule has 2 fully saturated rings. The first-order valence-electron chi connectivity index (χ1n) is 7.09. The van der Waals surface area contributed by atoms with Crippen molar-refractivity contribution >= 4 is 16.7 Å². The van der Waals surface area contributed by atoms with Gasteiger partial charge in [-0.1, -0.05) is 13.3 Å². The van der Waals surface area contributed by atoms with E-state index in [1.807, 2.05) is 0 Å². The molecule has 0 bridgehead atoms. The fourth-order valence-electron chi connectivity index (χ4n) is 2.60. The molecule has 0 aromatic heterocycles. The minimum absolute atomic E-state index is 0.0265. The average Bonchev–Trinajstić information content (AvgIpc) is 3.13. The van der Waals surface area contributed by atoms with Crippen LogP contribution in [-0.2, 0) is 15.6 Å². The molecule has 1 amide bonds. The summed E-state index contributed by atoms with van der Waals surface area (Å²) in [5.41, 5.74) is 0. The van der Waals surface area contributed by atoms with Crippen molar-refractivity contribution in [2.75, 3.05) is 12.3 Å². The third-order valence-corrected chi connectivity index (χ3v) is 5.42. The first-order valence-corrected chi connectivity index (χ1v) is 8.47. The number of rotatable bonds is 6. The Balaban J connectivity index is 1.74. The Hall–Kier alpha value is -0.420. The lowest BCUT2D eigenvalue weighted by Gasteiger charge is -2.28. The van der Waals surface area contributed by atoms with Gasteiger partial charge in [-0.15, -0.1) is 0 Å². The first-order chi connectivity index (χ1) is 8.69. The van der Waals surface area contributed by atoms with Crippen molar-refractivity contribution in [3.63, 3.8) is 0 Å². The van der Waals surface area contributed by atoms with Crippen LogP contribution in [0, 0.1) is 0 Å². The summed E-state index contributed by atoms with van der Waals surface area (Å²) in [6.45, 7) is 3.07. The maximum absolute atomic E-state index is 12.2. The van der Waals surface area contributed by atoms with Crippen molar-refractivity contribution in [1.29, 1.82) is 0 Å². The molecule has 3 atom stereocenters. The molecule has 2 rings (SSSR count). The zero-order valence-corrected chi connectivity index (χ0v) is 11.9. The largest absolute Gasteiger partial charge is 0.353 e. The van der Waals surface area contributed by atoms with Crippen LogP contribution in [0.3, 0.4) is 0 Å². The highest BCUT2D eigenvalue weighted by Gasteiger charge is 2.28. The van der Waals surface area contributed by atoms with E-state index in [0.717, 1.165) is 38.6 Å². The fraction of sp³-hybridized carbons (Fsp3) is 0.923. The number of hydrogen-bond donors (Lipinski definition) is 2. The second kappa shape index (κ2) is 6.66. The summed E-state index contributed by atoms with van der Waals surface area (Å²) in [6, 6.07) is 0.861.